The quantitative estimate of drug-likeness (QED) is 0.495. The van der Waals surface area contributed by atoms with Gasteiger partial charge in [0.15, 0.2) is 5.82 Å². The van der Waals surface area contributed by atoms with Gasteiger partial charge in [-0.3, -0.25) is 0 Å². The molecule has 8 heteroatoms. The SMILES string of the molecule is COCCC(NC(=O)O)C1CCCN(c2nc(-c3ccccc3O)nc3cc(C)ccc23)C1. The Balaban J connectivity index is 1.73. The number of aryl methyl sites for hydroxylation is 1. The average molecular weight is 451 g/mol. The van der Waals surface area contributed by atoms with E-state index < -0.39 is 6.09 Å². The molecule has 3 N–H and O–H groups in total. The number of fused-ring (bicyclic) bond motifs is 1. The Hall–Kier alpha value is -3.39. The second-order valence-corrected chi connectivity index (χ2v) is 8.59. The lowest BCUT2D eigenvalue weighted by atomic mass is 9.88. The molecule has 1 aliphatic heterocycles. The van der Waals surface area contributed by atoms with Gasteiger partial charge in [-0.25, -0.2) is 14.8 Å². The molecule has 0 aliphatic carbocycles. The first-order valence-corrected chi connectivity index (χ1v) is 11.3. The summed E-state index contributed by atoms with van der Waals surface area (Å²) in [5, 5.41) is 23.4. The zero-order valence-electron chi connectivity index (χ0n) is 19.0. The first-order valence-electron chi connectivity index (χ1n) is 11.3. The zero-order valence-corrected chi connectivity index (χ0v) is 19.0. The van der Waals surface area contributed by atoms with Crippen LogP contribution in [0.2, 0.25) is 0 Å². The molecule has 2 aromatic carbocycles. The summed E-state index contributed by atoms with van der Waals surface area (Å²) in [6.07, 6.45) is 1.46. The number of benzene rings is 2. The number of piperidine rings is 1. The molecular formula is C25H30N4O4. The number of nitrogens with zero attached hydrogens (tertiary/aromatic N) is 3. The summed E-state index contributed by atoms with van der Waals surface area (Å²) in [7, 11) is 1.63. The van der Waals surface area contributed by atoms with E-state index >= 15 is 0 Å². The minimum atomic E-state index is -1.02. The lowest BCUT2D eigenvalue weighted by Crippen LogP contribution is -2.48. The Morgan fingerprint density at radius 2 is 2.09 bits per heavy atom. The maximum absolute atomic E-state index is 11.4. The largest absolute Gasteiger partial charge is 0.507 e. The summed E-state index contributed by atoms with van der Waals surface area (Å²) in [6, 6.07) is 13.0. The average Bonchev–Trinajstić information content (AvgIpc) is 2.81. The lowest BCUT2D eigenvalue weighted by Gasteiger charge is -2.38. The van der Waals surface area contributed by atoms with Crippen molar-refractivity contribution < 1.29 is 19.7 Å². The number of aromatic nitrogens is 2. The van der Waals surface area contributed by atoms with Crippen LogP contribution in [0.15, 0.2) is 42.5 Å². The highest BCUT2D eigenvalue weighted by atomic mass is 16.5. The van der Waals surface area contributed by atoms with Crippen molar-refractivity contribution in [3.8, 4) is 17.1 Å². The maximum Gasteiger partial charge on any atom is 0.404 e. The van der Waals surface area contributed by atoms with Crippen molar-refractivity contribution in [3.05, 3.63) is 48.0 Å². The molecule has 1 fully saturated rings. The fourth-order valence-corrected chi connectivity index (χ4v) is 4.61. The van der Waals surface area contributed by atoms with Crippen LogP contribution in [0.3, 0.4) is 0 Å². The molecule has 2 atom stereocenters. The molecule has 8 nitrogen and oxygen atoms in total. The van der Waals surface area contributed by atoms with Crippen molar-refractivity contribution in [3.63, 3.8) is 0 Å². The molecule has 33 heavy (non-hydrogen) atoms. The second kappa shape index (κ2) is 10.0. The number of hydrogen-bond acceptors (Lipinski definition) is 6. The van der Waals surface area contributed by atoms with E-state index in [2.05, 4.69) is 10.2 Å². The highest BCUT2D eigenvalue weighted by Crippen LogP contribution is 2.34. The van der Waals surface area contributed by atoms with E-state index in [4.69, 9.17) is 14.7 Å². The zero-order chi connectivity index (χ0) is 23.4. The van der Waals surface area contributed by atoms with Crippen LogP contribution in [0.1, 0.15) is 24.8 Å². The molecule has 0 saturated carbocycles. The number of para-hydroxylation sites is 1. The third kappa shape index (κ3) is 5.17. The van der Waals surface area contributed by atoms with Gasteiger partial charge in [0, 0.05) is 38.2 Å². The molecule has 1 saturated heterocycles. The van der Waals surface area contributed by atoms with E-state index in [9.17, 15) is 15.0 Å². The van der Waals surface area contributed by atoms with Gasteiger partial charge in [0.05, 0.1) is 11.1 Å². The van der Waals surface area contributed by atoms with Gasteiger partial charge >= 0.3 is 6.09 Å². The highest BCUT2D eigenvalue weighted by molar-refractivity contribution is 5.92. The van der Waals surface area contributed by atoms with Crippen LogP contribution < -0.4 is 10.2 Å². The molecule has 0 bridgehead atoms. The van der Waals surface area contributed by atoms with Crippen molar-refractivity contribution in [1.82, 2.24) is 15.3 Å². The van der Waals surface area contributed by atoms with E-state index in [1.807, 2.05) is 37.3 Å². The Labute approximate surface area is 193 Å². The molecule has 0 radical (unpaired) electrons. The number of anilines is 1. The van der Waals surface area contributed by atoms with Gasteiger partial charge < -0.3 is 25.2 Å². The van der Waals surface area contributed by atoms with Gasteiger partial charge in [-0.05, 0) is 61.9 Å². The number of carboxylic acid groups (broad SMARTS) is 1. The summed E-state index contributed by atoms with van der Waals surface area (Å²) >= 11 is 0. The van der Waals surface area contributed by atoms with Gasteiger partial charge in [-0.15, -0.1) is 0 Å². The van der Waals surface area contributed by atoms with Gasteiger partial charge in [0.25, 0.3) is 0 Å². The molecule has 0 spiro atoms. The summed E-state index contributed by atoms with van der Waals surface area (Å²) in [4.78, 5) is 23.3. The number of phenolic OH excluding ortho intramolecular Hbond substituents is 1. The first kappa shape index (κ1) is 22.8. The normalized spacial score (nSPS) is 17.2. The molecule has 4 rings (SSSR count). The van der Waals surface area contributed by atoms with E-state index in [0.29, 0.717) is 31.0 Å². The third-order valence-electron chi connectivity index (χ3n) is 6.25. The standard InChI is InChI=1S/C25H30N4O4/c1-16-9-10-18-21(14-16)26-23(19-7-3-4-8-22(19)30)28-24(18)29-12-5-6-17(15-29)20(11-13-33-2)27-25(31)32/h3-4,7-10,14,17,20,27,30H,5-6,11-13,15H2,1-2H3,(H,31,32). The van der Waals surface area contributed by atoms with Crippen molar-refractivity contribution in [2.24, 2.45) is 5.92 Å². The summed E-state index contributed by atoms with van der Waals surface area (Å²) in [6.45, 7) is 4.01. The molecule has 1 aromatic heterocycles. The number of ether oxygens (including phenoxy) is 1. The Kier molecular flexibility index (Phi) is 6.93. The minimum Gasteiger partial charge on any atom is -0.507 e. The summed E-state index contributed by atoms with van der Waals surface area (Å²) in [5.41, 5.74) is 2.50. The molecule has 3 aromatic rings. The van der Waals surface area contributed by atoms with E-state index in [1.165, 1.54) is 0 Å². The number of amides is 1. The minimum absolute atomic E-state index is 0.133. The molecule has 2 heterocycles. The molecule has 1 aliphatic rings. The predicted octanol–water partition coefficient (Wildman–Crippen LogP) is 4.20. The van der Waals surface area contributed by atoms with Crippen LogP contribution in [0.25, 0.3) is 22.3 Å². The summed E-state index contributed by atoms with van der Waals surface area (Å²) in [5.74, 6) is 1.55. The monoisotopic (exact) mass is 450 g/mol. The Morgan fingerprint density at radius 3 is 2.85 bits per heavy atom. The van der Waals surface area contributed by atoms with Gasteiger partial charge in [0.2, 0.25) is 0 Å². The van der Waals surface area contributed by atoms with Crippen LogP contribution >= 0.6 is 0 Å². The second-order valence-electron chi connectivity index (χ2n) is 8.59. The third-order valence-corrected chi connectivity index (χ3v) is 6.25. The van der Waals surface area contributed by atoms with Crippen molar-refractivity contribution >= 4 is 22.8 Å². The molecule has 174 valence electrons. The first-order chi connectivity index (χ1) is 16.0. The number of hydrogen-bond donors (Lipinski definition) is 3. The van der Waals surface area contributed by atoms with Crippen LogP contribution in [-0.2, 0) is 4.74 Å². The van der Waals surface area contributed by atoms with E-state index in [-0.39, 0.29) is 17.7 Å². The molecule has 2 unspecified atom stereocenters. The van der Waals surface area contributed by atoms with Gasteiger partial charge in [0.1, 0.15) is 11.6 Å². The Morgan fingerprint density at radius 1 is 1.27 bits per heavy atom. The number of nitrogens with one attached hydrogen (secondary N) is 1. The van der Waals surface area contributed by atoms with Crippen molar-refractivity contribution in [1.29, 1.82) is 0 Å². The number of carbonyl (C=O) groups is 1. The van der Waals surface area contributed by atoms with Crippen LogP contribution in [0.5, 0.6) is 5.75 Å². The fraction of sp³-hybridized carbons (Fsp3) is 0.400. The molecule has 1 amide bonds. The van der Waals surface area contributed by atoms with Crippen molar-refractivity contribution in [2.45, 2.75) is 32.2 Å². The number of methoxy groups -OCH3 is 1. The van der Waals surface area contributed by atoms with Crippen LogP contribution in [-0.4, -0.2) is 59.1 Å². The lowest BCUT2D eigenvalue weighted by molar-refractivity contribution is 0.152. The number of phenols is 1. The fourth-order valence-electron chi connectivity index (χ4n) is 4.61. The molecular weight excluding hydrogens is 420 g/mol. The van der Waals surface area contributed by atoms with Gasteiger partial charge in [-0.2, -0.15) is 0 Å². The number of rotatable bonds is 7. The van der Waals surface area contributed by atoms with Crippen molar-refractivity contribution in [2.75, 3.05) is 31.7 Å². The Bertz CT molecular complexity index is 1140. The predicted molar refractivity (Wildman–Crippen MR) is 128 cm³/mol. The highest BCUT2D eigenvalue weighted by Gasteiger charge is 2.30. The summed E-state index contributed by atoms with van der Waals surface area (Å²) < 4.78 is 5.21. The van der Waals surface area contributed by atoms with E-state index in [1.54, 1.807) is 19.2 Å². The topological polar surface area (TPSA) is 108 Å². The smallest absolute Gasteiger partial charge is 0.404 e. The van der Waals surface area contributed by atoms with Crippen LogP contribution in [0.4, 0.5) is 10.6 Å². The maximum atomic E-state index is 11.4. The van der Waals surface area contributed by atoms with Crippen LogP contribution in [0, 0.1) is 12.8 Å². The van der Waals surface area contributed by atoms with Gasteiger partial charge in [-0.1, -0.05) is 18.2 Å². The number of aromatic hydroxyl groups is 1. The van der Waals surface area contributed by atoms with E-state index in [0.717, 1.165) is 41.7 Å².